The molecule has 0 saturated heterocycles. The van der Waals surface area contributed by atoms with Gasteiger partial charge in [-0.3, -0.25) is 14.9 Å². The molecule has 0 aliphatic rings. The van der Waals surface area contributed by atoms with Gasteiger partial charge in [-0.25, -0.2) is 0 Å². The lowest BCUT2D eigenvalue weighted by atomic mass is 9.99. The lowest BCUT2D eigenvalue weighted by molar-refractivity contribution is -0.385. The number of carbonyl (C=O) groups is 1. The van der Waals surface area contributed by atoms with Gasteiger partial charge in [-0.1, -0.05) is 18.5 Å². The number of aliphatic hydroxyl groups excluding tert-OH is 1. The van der Waals surface area contributed by atoms with Gasteiger partial charge in [0.1, 0.15) is 0 Å². The summed E-state index contributed by atoms with van der Waals surface area (Å²) in [5, 5.41) is 20.6. The highest BCUT2D eigenvalue weighted by Crippen LogP contribution is 2.25. The Labute approximate surface area is 121 Å². The Morgan fingerprint density at radius 2 is 2.25 bits per heavy atom. The lowest BCUT2D eigenvalue weighted by Crippen LogP contribution is -2.19. The summed E-state index contributed by atoms with van der Waals surface area (Å²) in [5.74, 6) is -0.772. The van der Waals surface area contributed by atoms with E-state index in [0.717, 1.165) is 0 Å². The van der Waals surface area contributed by atoms with Gasteiger partial charge in [0.2, 0.25) is 0 Å². The topological polar surface area (TPSA) is 89.7 Å². The van der Waals surface area contributed by atoms with E-state index in [1.807, 2.05) is 0 Å². The first-order valence-electron chi connectivity index (χ1n) is 6.17. The number of carbonyl (C=O) groups excluding carboxylic acids is 1. The first-order valence-corrected chi connectivity index (χ1v) is 6.55. The minimum atomic E-state index is -0.502. The van der Waals surface area contributed by atoms with Crippen molar-refractivity contribution in [2.24, 2.45) is 5.92 Å². The molecule has 0 heterocycles. The molecule has 6 nitrogen and oxygen atoms in total. The highest BCUT2D eigenvalue weighted by Gasteiger charge is 2.19. The van der Waals surface area contributed by atoms with Crippen molar-refractivity contribution < 1.29 is 19.6 Å². The van der Waals surface area contributed by atoms with E-state index in [0.29, 0.717) is 10.6 Å². The number of nitro benzene ring substituents is 1. The van der Waals surface area contributed by atoms with Crippen molar-refractivity contribution in [3.63, 3.8) is 0 Å². The van der Waals surface area contributed by atoms with Gasteiger partial charge in [-0.05, 0) is 18.6 Å². The van der Waals surface area contributed by atoms with E-state index >= 15 is 0 Å². The summed E-state index contributed by atoms with van der Waals surface area (Å²) in [6.45, 7) is 1.45. The van der Waals surface area contributed by atoms with E-state index in [1.165, 1.54) is 18.2 Å². The monoisotopic (exact) mass is 301 g/mol. The number of aliphatic hydroxyl groups is 1. The number of ether oxygens (including phenoxy) is 1. The summed E-state index contributed by atoms with van der Waals surface area (Å²) in [6.07, 6.45) is 0.458. The molecule has 1 rings (SSSR count). The maximum absolute atomic E-state index is 11.1. The van der Waals surface area contributed by atoms with Crippen molar-refractivity contribution in [2.45, 2.75) is 19.8 Å². The van der Waals surface area contributed by atoms with Crippen LogP contribution >= 0.6 is 11.6 Å². The molecule has 0 unspecified atom stereocenters. The maximum atomic E-state index is 11.1. The van der Waals surface area contributed by atoms with Crippen LogP contribution in [0, 0.1) is 16.0 Å². The zero-order valence-corrected chi connectivity index (χ0v) is 11.8. The number of nitro groups is 1. The molecule has 1 aromatic carbocycles. The van der Waals surface area contributed by atoms with Gasteiger partial charge in [0.25, 0.3) is 5.69 Å². The Bertz CT molecular complexity index is 492. The van der Waals surface area contributed by atoms with Gasteiger partial charge in [0.05, 0.1) is 11.5 Å². The average Bonchev–Trinajstić information content (AvgIpc) is 2.42. The highest BCUT2D eigenvalue weighted by molar-refractivity contribution is 6.30. The van der Waals surface area contributed by atoms with Crippen molar-refractivity contribution in [3.8, 4) is 0 Å². The van der Waals surface area contributed by atoms with Crippen LogP contribution in [0.1, 0.15) is 18.9 Å². The Balaban J connectivity index is 2.81. The summed E-state index contributed by atoms with van der Waals surface area (Å²) in [4.78, 5) is 21.5. The van der Waals surface area contributed by atoms with Crippen molar-refractivity contribution in [1.82, 2.24) is 0 Å². The quantitative estimate of drug-likeness (QED) is 0.474. The van der Waals surface area contributed by atoms with Gasteiger partial charge in [0, 0.05) is 35.6 Å². The summed E-state index contributed by atoms with van der Waals surface area (Å²) in [7, 11) is 0. The maximum Gasteiger partial charge on any atom is 0.305 e. The molecule has 0 aromatic heterocycles. The average molecular weight is 302 g/mol. The third kappa shape index (κ3) is 4.79. The number of benzene rings is 1. The number of rotatable bonds is 7. The molecule has 7 heteroatoms. The Kier molecular flexibility index (Phi) is 6.41. The van der Waals surface area contributed by atoms with E-state index in [2.05, 4.69) is 0 Å². The van der Waals surface area contributed by atoms with E-state index in [1.54, 1.807) is 6.92 Å². The standard InChI is InChI=1S/C13H16ClNO5/c1-2-13(17)20-8-9(7-16)5-10-6-11(14)3-4-12(10)15(18)19/h3-4,6,9,16H,2,5,7-8H2,1H3/t9-/m1/s1. The minimum Gasteiger partial charge on any atom is -0.465 e. The molecular weight excluding hydrogens is 286 g/mol. The van der Waals surface area contributed by atoms with Gasteiger partial charge >= 0.3 is 5.97 Å². The molecule has 1 atom stereocenters. The van der Waals surface area contributed by atoms with Crippen LogP contribution in [0.3, 0.4) is 0 Å². The van der Waals surface area contributed by atoms with E-state index in [-0.39, 0.29) is 37.7 Å². The third-order valence-corrected chi connectivity index (χ3v) is 3.01. The fourth-order valence-corrected chi connectivity index (χ4v) is 1.89. The molecule has 0 saturated carbocycles. The first-order chi connectivity index (χ1) is 9.47. The van der Waals surface area contributed by atoms with Gasteiger partial charge in [0.15, 0.2) is 0 Å². The van der Waals surface area contributed by atoms with Crippen molar-refractivity contribution in [3.05, 3.63) is 38.9 Å². The van der Waals surface area contributed by atoms with E-state index < -0.39 is 10.8 Å². The fraction of sp³-hybridized carbons (Fsp3) is 0.462. The molecule has 0 aliphatic heterocycles. The van der Waals surface area contributed by atoms with Crippen molar-refractivity contribution in [2.75, 3.05) is 13.2 Å². The van der Waals surface area contributed by atoms with Crippen LogP contribution in [-0.2, 0) is 16.0 Å². The number of esters is 1. The molecule has 0 aliphatic carbocycles. The second-order valence-corrected chi connectivity index (χ2v) is 4.76. The van der Waals surface area contributed by atoms with Crippen LogP contribution in [0.4, 0.5) is 5.69 Å². The van der Waals surface area contributed by atoms with Crippen LogP contribution < -0.4 is 0 Å². The smallest absolute Gasteiger partial charge is 0.305 e. The van der Waals surface area contributed by atoms with Crippen molar-refractivity contribution >= 4 is 23.3 Å². The van der Waals surface area contributed by atoms with Crippen LogP contribution in [0.15, 0.2) is 18.2 Å². The molecule has 0 amide bonds. The van der Waals surface area contributed by atoms with Gasteiger partial charge < -0.3 is 9.84 Å². The molecule has 0 fully saturated rings. The van der Waals surface area contributed by atoms with Crippen LogP contribution in [0.2, 0.25) is 5.02 Å². The summed E-state index contributed by atoms with van der Waals surface area (Å²) >= 11 is 5.83. The highest BCUT2D eigenvalue weighted by atomic mass is 35.5. The second-order valence-electron chi connectivity index (χ2n) is 4.32. The molecular formula is C13H16ClNO5. The SMILES string of the molecule is CCC(=O)OC[C@@H](CO)Cc1cc(Cl)ccc1[N+](=O)[O-]. The van der Waals surface area contributed by atoms with Crippen molar-refractivity contribution in [1.29, 1.82) is 0 Å². The summed E-state index contributed by atoms with van der Waals surface area (Å²) in [5.41, 5.74) is 0.351. The second kappa shape index (κ2) is 7.81. The Hall–Kier alpha value is -1.66. The number of hydrogen-bond acceptors (Lipinski definition) is 5. The molecule has 20 heavy (non-hydrogen) atoms. The predicted molar refractivity (Wildman–Crippen MR) is 73.6 cm³/mol. The first kappa shape index (κ1) is 16.4. The van der Waals surface area contributed by atoms with E-state index in [9.17, 15) is 20.0 Å². The molecule has 0 bridgehead atoms. The van der Waals surface area contributed by atoms with Crippen LogP contribution in [0.25, 0.3) is 0 Å². The zero-order chi connectivity index (χ0) is 15.1. The molecule has 0 spiro atoms. The van der Waals surface area contributed by atoms with Crippen LogP contribution in [-0.4, -0.2) is 29.2 Å². The number of hydrogen-bond donors (Lipinski definition) is 1. The summed E-state index contributed by atoms with van der Waals surface area (Å²) in [6, 6.07) is 4.25. The van der Waals surface area contributed by atoms with Gasteiger partial charge in [-0.2, -0.15) is 0 Å². The largest absolute Gasteiger partial charge is 0.465 e. The van der Waals surface area contributed by atoms with E-state index in [4.69, 9.17) is 16.3 Å². The fourth-order valence-electron chi connectivity index (χ4n) is 1.70. The Morgan fingerprint density at radius 3 is 2.80 bits per heavy atom. The molecule has 1 aromatic rings. The zero-order valence-electron chi connectivity index (χ0n) is 11.0. The van der Waals surface area contributed by atoms with Gasteiger partial charge in [-0.15, -0.1) is 0 Å². The Morgan fingerprint density at radius 1 is 1.55 bits per heavy atom. The third-order valence-electron chi connectivity index (χ3n) is 2.77. The predicted octanol–water partition coefficient (Wildman–Crippen LogP) is 2.35. The lowest BCUT2D eigenvalue weighted by Gasteiger charge is -2.14. The van der Waals surface area contributed by atoms with Crippen LogP contribution in [0.5, 0.6) is 0 Å². The minimum absolute atomic E-state index is 0.0207. The molecule has 110 valence electrons. The summed E-state index contributed by atoms with van der Waals surface area (Å²) < 4.78 is 4.95. The normalized spacial score (nSPS) is 11.9. The number of nitrogens with zero attached hydrogens (tertiary/aromatic N) is 1. The molecule has 1 N–H and O–H groups in total. The number of halogens is 1. The molecule has 0 radical (unpaired) electrons.